The molecule has 1 heterocycles. The lowest BCUT2D eigenvalue weighted by atomic mass is 10.1. The first-order valence-corrected chi connectivity index (χ1v) is 11.4. The second kappa shape index (κ2) is 9.03. The number of carbonyl (C=O) groups is 1. The van der Waals surface area contributed by atoms with Crippen molar-refractivity contribution in [1.29, 1.82) is 0 Å². The molecule has 0 saturated carbocycles. The lowest BCUT2D eigenvalue weighted by Gasteiger charge is -2.25. The Morgan fingerprint density at radius 2 is 1.79 bits per heavy atom. The number of nitrogens with zero attached hydrogens (tertiary/aromatic N) is 1. The van der Waals surface area contributed by atoms with E-state index in [1.807, 2.05) is 6.92 Å². The number of rotatable bonds is 6. The number of nitrogens with one attached hydrogen (secondary N) is 1. The van der Waals surface area contributed by atoms with Crippen molar-refractivity contribution in [2.75, 3.05) is 19.6 Å². The Morgan fingerprint density at radius 1 is 1.11 bits per heavy atom. The summed E-state index contributed by atoms with van der Waals surface area (Å²) in [5.74, 6) is -0.118. The van der Waals surface area contributed by atoms with Gasteiger partial charge in [0.2, 0.25) is 15.9 Å². The Bertz CT molecular complexity index is 968. The van der Waals surface area contributed by atoms with Gasteiger partial charge in [-0.2, -0.15) is 4.31 Å². The first-order valence-electron chi connectivity index (χ1n) is 9.15. The smallest absolute Gasteiger partial charge is 0.246 e. The van der Waals surface area contributed by atoms with Gasteiger partial charge in [0.05, 0.1) is 4.90 Å². The molecule has 28 heavy (non-hydrogen) atoms. The van der Waals surface area contributed by atoms with Gasteiger partial charge in [0.25, 0.3) is 0 Å². The minimum absolute atomic E-state index is 0.118. The molecule has 148 valence electrons. The van der Waals surface area contributed by atoms with Crippen LogP contribution in [0.4, 0.5) is 0 Å². The minimum atomic E-state index is -3.55. The van der Waals surface area contributed by atoms with E-state index in [1.54, 1.807) is 30.3 Å². The number of amides is 1. The molecule has 0 spiro atoms. The highest BCUT2D eigenvalue weighted by Gasteiger charge is 2.27. The van der Waals surface area contributed by atoms with E-state index < -0.39 is 10.0 Å². The molecule has 5 nitrogen and oxygen atoms in total. The van der Waals surface area contributed by atoms with Crippen LogP contribution < -0.4 is 5.32 Å². The Kier molecular flexibility index (Phi) is 6.69. The van der Waals surface area contributed by atoms with Gasteiger partial charge in [0, 0.05) is 29.7 Å². The van der Waals surface area contributed by atoms with Crippen molar-refractivity contribution in [1.82, 2.24) is 9.62 Å². The number of carbonyl (C=O) groups excluding carboxylic acids is 1. The van der Waals surface area contributed by atoms with Gasteiger partial charge in [-0.05, 0) is 49.6 Å². The number of sulfonamides is 1. The molecule has 0 aliphatic carbocycles. The third-order valence-corrected chi connectivity index (χ3v) is 7.14. The van der Waals surface area contributed by atoms with E-state index >= 15 is 0 Å². The lowest BCUT2D eigenvalue weighted by molar-refractivity contribution is -0.117. The van der Waals surface area contributed by atoms with Gasteiger partial charge in [0.15, 0.2) is 0 Å². The first kappa shape index (κ1) is 20.8. The molecular weight excluding hydrogens is 440 g/mol. The van der Waals surface area contributed by atoms with Crippen LogP contribution in [0.25, 0.3) is 0 Å². The zero-order valence-corrected chi connectivity index (χ0v) is 18.1. The number of hydrogen-bond donors (Lipinski definition) is 1. The molecule has 0 radical (unpaired) electrons. The summed E-state index contributed by atoms with van der Waals surface area (Å²) in [4.78, 5) is 12.6. The van der Waals surface area contributed by atoms with Gasteiger partial charge in [-0.15, -0.1) is 0 Å². The monoisotopic (exact) mass is 462 g/mol. The maximum atomic E-state index is 12.7. The summed E-state index contributed by atoms with van der Waals surface area (Å²) in [6, 6.07) is 14.8. The molecule has 7 heteroatoms. The Labute approximate surface area is 174 Å². The Hall–Kier alpha value is -1.96. The lowest BCUT2D eigenvalue weighted by Crippen LogP contribution is -2.37. The summed E-state index contributed by atoms with van der Waals surface area (Å²) >= 11 is 3.31. The molecule has 1 aliphatic heterocycles. The van der Waals surface area contributed by atoms with E-state index in [-0.39, 0.29) is 17.3 Å². The topological polar surface area (TPSA) is 66.5 Å². The van der Waals surface area contributed by atoms with Crippen LogP contribution in [-0.2, 0) is 21.2 Å². The average molecular weight is 463 g/mol. The van der Waals surface area contributed by atoms with E-state index in [0.717, 1.165) is 10.9 Å². The molecule has 2 aromatic carbocycles. The van der Waals surface area contributed by atoms with Crippen molar-refractivity contribution >= 4 is 31.9 Å². The van der Waals surface area contributed by atoms with Crippen LogP contribution in [0.15, 0.2) is 69.5 Å². The molecule has 0 atom stereocenters. The number of aryl methyl sites for hydroxylation is 1. The van der Waals surface area contributed by atoms with E-state index in [1.165, 1.54) is 15.4 Å². The summed E-state index contributed by atoms with van der Waals surface area (Å²) in [5, 5.41) is 2.93. The van der Waals surface area contributed by atoms with E-state index in [2.05, 4.69) is 45.5 Å². The highest BCUT2D eigenvalue weighted by Crippen LogP contribution is 2.22. The van der Waals surface area contributed by atoms with Gasteiger partial charge < -0.3 is 5.32 Å². The predicted octanol–water partition coefficient (Wildman–Crippen LogP) is 3.44. The maximum Gasteiger partial charge on any atom is 0.246 e. The van der Waals surface area contributed by atoms with Crippen LogP contribution >= 0.6 is 15.9 Å². The second-order valence-corrected chi connectivity index (χ2v) is 9.64. The fourth-order valence-corrected chi connectivity index (χ4v) is 4.66. The van der Waals surface area contributed by atoms with Crippen molar-refractivity contribution in [3.63, 3.8) is 0 Å². The summed E-state index contributed by atoms with van der Waals surface area (Å²) in [7, 11) is -3.55. The van der Waals surface area contributed by atoms with E-state index in [0.29, 0.717) is 25.1 Å². The van der Waals surface area contributed by atoms with Crippen LogP contribution in [0.3, 0.4) is 0 Å². The normalized spacial score (nSPS) is 15.1. The average Bonchev–Trinajstić information content (AvgIpc) is 2.70. The molecule has 1 N–H and O–H groups in total. The van der Waals surface area contributed by atoms with Gasteiger partial charge in [0.1, 0.15) is 0 Å². The summed E-state index contributed by atoms with van der Waals surface area (Å²) in [5.41, 5.74) is 3.03. The van der Waals surface area contributed by atoms with Crippen molar-refractivity contribution in [3.05, 3.63) is 75.8 Å². The van der Waals surface area contributed by atoms with Crippen molar-refractivity contribution in [2.45, 2.75) is 24.7 Å². The molecule has 2 aromatic rings. The summed E-state index contributed by atoms with van der Waals surface area (Å²) in [6.45, 7) is 3.11. The van der Waals surface area contributed by atoms with Crippen LogP contribution in [-0.4, -0.2) is 38.3 Å². The summed E-state index contributed by atoms with van der Waals surface area (Å²) < 4.78 is 27.6. The van der Waals surface area contributed by atoms with Gasteiger partial charge in [-0.3, -0.25) is 4.79 Å². The van der Waals surface area contributed by atoms with Gasteiger partial charge >= 0.3 is 0 Å². The van der Waals surface area contributed by atoms with Crippen LogP contribution in [0.2, 0.25) is 0 Å². The quantitative estimate of drug-likeness (QED) is 0.714. The largest absolute Gasteiger partial charge is 0.352 e. The molecule has 1 aliphatic rings. The van der Waals surface area contributed by atoms with Crippen LogP contribution in [0.1, 0.15) is 17.5 Å². The number of halogens is 1. The van der Waals surface area contributed by atoms with Crippen LogP contribution in [0, 0.1) is 6.92 Å². The first-order chi connectivity index (χ1) is 13.4. The predicted molar refractivity (Wildman–Crippen MR) is 113 cm³/mol. The molecule has 3 rings (SSSR count). The zero-order valence-electron chi connectivity index (χ0n) is 15.7. The molecule has 0 fully saturated rings. The molecule has 0 aromatic heterocycles. The molecule has 1 amide bonds. The summed E-state index contributed by atoms with van der Waals surface area (Å²) in [6.07, 6.45) is 2.89. The highest BCUT2D eigenvalue weighted by molar-refractivity contribution is 9.10. The molecule has 0 unspecified atom stereocenters. The van der Waals surface area contributed by atoms with Crippen molar-refractivity contribution in [3.8, 4) is 0 Å². The second-order valence-electron chi connectivity index (χ2n) is 6.79. The zero-order chi connectivity index (χ0) is 20.1. The Morgan fingerprint density at radius 3 is 2.39 bits per heavy atom. The number of hydrogen-bond acceptors (Lipinski definition) is 3. The highest BCUT2D eigenvalue weighted by atomic mass is 79.9. The fourth-order valence-electron chi connectivity index (χ4n) is 3.02. The molecule has 0 bridgehead atoms. The SMILES string of the molecule is Cc1ccc(CCNC(=O)C2=CCN(S(=O)(=O)c3ccc(Br)cc3)CC2)cc1. The minimum Gasteiger partial charge on any atom is -0.352 e. The molecule has 0 saturated heterocycles. The number of benzene rings is 2. The third-order valence-electron chi connectivity index (χ3n) is 4.73. The van der Waals surface area contributed by atoms with Crippen molar-refractivity contribution < 1.29 is 13.2 Å². The third kappa shape index (κ3) is 5.10. The van der Waals surface area contributed by atoms with E-state index in [4.69, 9.17) is 0 Å². The standard InChI is InChI=1S/C21H23BrN2O3S/c1-16-2-4-17(5-3-16)10-13-23-21(25)18-11-14-24(15-12-18)28(26,27)20-8-6-19(22)7-9-20/h2-9,11H,10,12-15H2,1H3,(H,23,25). The Balaban J connectivity index is 1.54. The van der Waals surface area contributed by atoms with Gasteiger partial charge in [-0.1, -0.05) is 51.8 Å². The maximum absolute atomic E-state index is 12.7. The van der Waals surface area contributed by atoms with Gasteiger partial charge in [-0.25, -0.2) is 8.42 Å². The fraction of sp³-hybridized carbons (Fsp3) is 0.286. The van der Waals surface area contributed by atoms with E-state index in [9.17, 15) is 13.2 Å². The van der Waals surface area contributed by atoms with Crippen LogP contribution in [0.5, 0.6) is 0 Å². The molecular formula is C21H23BrN2O3S. The van der Waals surface area contributed by atoms with Crippen molar-refractivity contribution in [2.24, 2.45) is 0 Å².